The molecule has 5 nitrogen and oxygen atoms in total. The molecule has 1 aromatic rings. The van der Waals surface area contributed by atoms with Crippen LogP contribution in [0, 0.1) is 11.6 Å². The van der Waals surface area contributed by atoms with Gasteiger partial charge in [-0.1, -0.05) is 13.0 Å². The largest absolute Gasteiger partial charge is 0.393 e. The van der Waals surface area contributed by atoms with Crippen molar-refractivity contribution >= 4 is 6.03 Å². The molecule has 24 heavy (non-hydrogen) atoms. The van der Waals surface area contributed by atoms with Crippen molar-refractivity contribution in [2.24, 2.45) is 0 Å². The van der Waals surface area contributed by atoms with E-state index in [0.717, 1.165) is 19.0 Å². The molecule has 1 aromatic carbocycles. The molecule has 2 rings (SSSR count). The lowest BCUT2D eigenvalue weighted by Gasteiger charge is -2.26. The lowest BCUT2D eigenvalue weighted by atomic mass is 10.00. The number of carbonyl (C=O) groups is 1. The highest BCUT2D eigenvalue weighted by Crippen LogP contribution is 2.31. The second-order valence-corrected chi connectivity index (χ2v) is 6.25. The first-order valence-corrected chi connectivity index (χ1v) is 8.30. The number of aliphatic hydroxyl groups excluding tert-OH is 1. The molecule has 0 unspecified atom stereocenters. The first-order chi connectivity index (χ1) is 11.4. The standard InChI is InChI=1S/C17H25F2N3O2/c1-3-12(23)6-8-20-17(24)21-15-7-9-22(2)16(15)11-4-5-13(18)14(19)10-11/h4-5,10,12,15-16,23H,3,6-9H2,1-2H3,(H2,20,21,24)/t12-,15+,16+/m0/s1. The third-order valence-corrected chi connectivity index (χ3v) is 4.48. The number of halogens is 2. The smallest absolute Gasteiger partial charge is 0.315 e. The number of rotatable bonds is 6. The predicted octanol–water partition coefficient (Wildman–Crippen LogP) is 2.17. The topological polar surface area (TPSA) is 64.6 Å². The summed E-state index contributed by atoms with van der Waals surface area (Å²) in [5.74, 6) is -1.76. The minimum absolute atomic E-state index is 0.184. The van der Waals surface area contributed by atoms with Crippen LogP contribution < -0.4 is 10.6 Å². The lowest BCUT2D eigenvalue weighted by molar-refractivity contribution is 0.159. The van der Waals surface area contributed by atoms with Crippen molar-refractivity contribution in [1.29, 1.82) is 0 Å². The number of carbonyl (C=O) groups excluding carboxylic acids is 1. The van der Waals surface area contributed by atoms with E-state index in [1.165, 1.54) is 6.07 Å². The van der Waals surface area contributed by atoms with Gasteiger partial charge in [0.2, 0.25) is 0 Å². The van der Waals surface area contributed by atoms with Gasteiger partial charge in [-0.25, -0.2) is 13.6 Å². The van der Waals surface area contributed by atoms with E-state index in [4.69, 9.17) is 0 Å². The summed E-state index contributed by atoms with van der Waals surface area (Å²) < 4.78 is 26.6. The number of aliphatic hydroxyl groups is 1. The van der Waals surface area contributed by atoms with Crippen LogP contribution in [0.25, 0.3) is 0 Å². The maximum absolute atomic E-state index is 13.5. The Labute approximate surface area is 141 Å². The maximum Gasteiger partial charge on any atom is 0.315 e. The van der Waals surface area contributed by atoms with Crippen LogP contribution in [0.4, 0.5) is 13.6 Å². The summed E-state index contributed by atoms with van der Waals surface area (Å²) in [4.78, 5) is 14.0. The van der Waals surface area contributed by atoms with Crippen molar-refractivity contribution in [3.05, 3.63) is 35.4 Å². The van der Waals surface area contributed by atoms with Crippen molar-refractivity contribution in [1.82, 2.24) is 15.5 Å². The molecule has 2 amide bonds. The quantitative estimate of drug-likeness (QED) is 0.743. The van der Waals surface area contributed by atoms with E-state index in [9.17, 15) is 18.7 Å². The summed E-state index contributed by atoms with van der Waals surface area (Å²) in [6, 6.07) is 3.15. The van der Waals surface area contributed by atoms with Crippen LogP contribution in [0.3, 0.4) is 0 Å². The van der Waals surface area contributed by atoms with E-state index in [2.05, 4.69) is 10.6 Å². The summed E-state index contributed by atoms with van der Waals surface area (Å²) in [6.07, 6.45) is 1.46. The van der Waals surface area contributed by atoms with Crippen molar-refractivity contribution in [3.63, 3.8) is 0 Å². The molecule has 1 heterocycles. The highest BCUT2D eigenvalue weighted by atomic mass is 19.2. The minimum Gasteiger partial charge on any atom is -0.393 e. The molecular formula is C17H25F2N3O2. The Hall–Kier alpha value is -1.73. The van der Waals surface area contributed by atoms with Gasteiger partial charge in [0.05, 0.1) is 18.2 Å². The third-order valence-electron chi connectivity index (χ3n) is 4.48. The van der Waals surface area contributed by atoms with E-state index in [1.54, 1.807) is 6.07 Å². The van der Waals surface area contributed by atoms with Gasteiger partial charge in [-0.2, -0.15) is 0 Å². The maximum atomic E-state index is 13.5. The van der Waals surface area contributed by atoms with Crippen molar-refractivity contribution < 1.29 is 18.7 Å². The van der Waals surface area contributed by atoms with Gasteiger partial charge in [0.1, 0.15) is 0 Å². The van der Waals surface area contributed by atoms with Gasteiger partial charge in [0.15, 0.2) is 11.6 Å². The van der Waals surface area contributed by atoms with E-state index >= 15 is 0 Å². The molecule has 0 aromatic heterocycles. The summed E-state index contributed by atoms with van der Waals surface area (Å²) in [7, 11) is 1.89. The van der Waals surface area contributed by atoms with Crippen molar-refractivity contribution in [3.8, 4) is 0 Å². The van der Waals surface area contributed by atoms with Gasteiger partial charge >= 0.3 is 6.03 Å². The van der Waals surface area contributed by atoms with Crippen LogP contribution in [0.15, 0.2) is 18.2 Å². The number of nitrogens with zero attached hydrogens (tertiary/aromatic N) is 1. The molecule has 0 spiro atoms. The van der Waals surface area contributed by atoms with E-state index in [-0.39, 0.29) is 18.1 Å². The first-order valence-electron chi connectivity index (χ1n) is 8.30. The fraction of sp³-hybridized carbons (Fsp3) is 0.588. The normalized spacial score (nSPS) is 22.4. The van der Waals surface area contributed by atoms with E-state index in [0.29, 0.717) is 24.9 Å². The molecule has 3 N–H and O–H groups in total. The minimum atomic E-state index is -0.885. The monoisotopic (exact) mass is 341 g/mol. The number of urea groups is 1. The van der Waals surface area contributed by atoms with Gasteiger partial charge in [-0.05, 0) is 44.0 Å². The number of hydrogen-bond donors (Lipinski definition) is 3. The molecule has 1 aliphatic rings. The number of amides is 2. The van der Waals surface area contributed by atoms with Crippen LogP contribution in [-0.4, -0.2) is 48.3 Å². The predicted molar refractivity (Wildman–Crippen MR) is 87.6 cm³/mol. The second-order valence-electron chi connectivity index (χ2n) is 6.25. The van der Waals surface area contributed by atoms with Crippen molar-refractivity contribution in [2.45, 2.75) is 44.4 Å². The molecular weight excluding hydrogens is 316 g/mol. The summed E-state index contributed by atoms with van der Waals surface area (Å²) in [5.41, 5.74) is 0.639. The number of hydrogen-bond acceptors (Lipinski definition) is 3. The Kier molecular flexibility index (Phi) is 6.51. The van der Waals surface area contributed by atoms with Gasteiger partial charge < -0.3 is 15.7 Å². The van der Waals surface area contributed by atoms with Crippen LogP contribution in [0.5, 0.6) is 0 Å². The van der Waals surface area contributed by atoms with Crippen LogP contribution >= 0.6 is 0 Å². The van der Waals surface area contributed by atoms with Crippen LogP contribution in [-0.2, 0) is 0 Å². The molecule has 1 aliphatic heterocycles. The Morgan fingerprint density at radius 3 is 2.83 bits per heavy atom. The molecule has 1 saturated heterocycles. The van der Waals surface area contributed by atoms with Gasteiger partial charge in [0, 0.05) is 13.1 Å². The average Bonchev–Trinajstić information content (AvgIpc) is 2.90. The molecule has 7 heteroatoms. The lowest BCUT2D eigenvalue weighted by Crippen LogP contribution is -2.45. The number of nitrogens with one attached hydrogen (secondary N) is 2. The number of likely N-dealkylation sites (tertiary alicyclic amines) is 1. The molecule has 0 saturated carbocycles. The molecule has 0 radical (unpaired) electrons. The molecule has 0 bridgehead atoms. The van der Waals surface area contributed by atoms with E-state index < -0.39 is 17.7 Å². The third kappa shape index (κ3) is 4.64. The average molecular weight is 341 g/mol. The Balaban J connectivity index is 1.96. The van der Waals surface area contributed by atoms with Crippen LogP contribution in [0.2, 0.25) is 0 Å². The Morgan fingerprint density at radius 1 is 1.42 bits per heavy atom. The van der Waals surface area contributed by atoms with Gasteiger partial charge in [0.25, 0.3) is 0 Å². The second kappa shape index (κ2) is 8.39. The van der Waals surface area contributed by atoms with Crippen LogP contribution in [0.1, 0.15) is 37.8 Å². The Bertz CT molecular complexity index is 571. The molecule has 1 fully saturated rings. The first kappa shape index (κ1) is 18.6. The zero-order valence-corrected chi connectivity index (χ0v) is 14.1. The summed E-state index contributed by atoms with van der Waals surface area (Å²) in [5, 5.41) is 15.1. The van der Waals surface area contributed by atoms with E-state index in [1.807, 2.05) is 18.9 Å². The summed E-state index contributed by atoms with van der Waals surface area (Å²) >= 11 is 0. The molecule has 134 valence electrons. The molecule has 0 aliphatic carbocycles. The highest BCUT2D eigenvalue weighted by molar-refractivity contribution is 5.74. The zero-order chi connectivity index (χ0) is 17.7. The zero-order valence-electron chi connectivity index (χ0n) is 14.1. The highest BCUT2D eigenvalue weighted by Gasteiger charge is 2.34. The fourth-order valence-electron chi connectivity index (χ4n) is 3.06. The Morgan fingerprint density at radius 2 is 2.17 bits per heavy atom. The SMILES string of the molecule is CC[C@H](O)CCNC(=O)N[C@@H]1CCN(C)[C@@H]1c1ccc(F)c(F)c1. The van der Waals surface area contributed by atoms with Gasteiger partial charge in [-0.3, -0.25) is 4.90 Å². The molecule has 3 atom stereocenters. The summed E-state index contributed by atoms with van der Waals surface area (Å²) in [6.45, 7) is 3.02. The van der Waals surface area contributed by atoms with Gasteiger partial charge in [-0.15, -0.1) is 0 Å². The number of likely N-dealkylation sites (N-methyl/N-ethyl adjacent to an activating group) is 1. The number of benzene rings is 1. The fourth-order valence-corrected chi connectivity index (χ4v) is 3.06. The van der Waals surface area contributed by atoms with Crippen molar-refractivity contribution in [2.75, 3.05) is 20.1 Å².